The summed E-state index contributed by atoms with van der Waals surface area (Å²) in [6.45, 7) is 0.671. The Labute approximate surface area is 113 Å². The van der Waals surface area contributed by atoms with Crippen molar-refractivity contribution in [3.8, 4) is 0 Å². The number of benzene rings is 1. The number of Topliss-reactive ketones (excluding diaryl/α,β-unsaturated/α-hetero) is 1. The molecule has 1 heterocycles. The van der Waals surface area contributed by atoms with Crippen molar-refractivity contribution < 1.29 is 27.8 Å². The van der Waals surface area contributed by atoms with Crippen LogP contribution in [-0.2, 0) is 10.9 Å². The van der Waals surface area contributed by atoms with Crippen LogP contribution in [0.25, 0.3) is 0 Å². The number of hydrogen-bond donors (Lipinski definition) is 1. The lowest BCUT2D eigenvalue weighted by molar-refractivity contribution is -0.137. The second-order valence-electron chi connectivity index (χ2n) is 4.41. The van der Waals surface area contributed by atoms with Crippen LogP contribution >= 0.6 is 0 Å². The van der Waals surface area contributed by atoms with E-state index in [9.17, 15) is 18.0 Å². The van der Waals surface area contributed by atoms with Crippen molar-refractivity contribution in [2.45, 2.75) is 6.18 Å². The fourth-order valence-corrected chi connectivity index (χ4v) is 2.11. The molecule has 0 aromatic heterocycles. The monoisotopic (exact) mass is 289 g/mol. The molecule has 0 unspecified atom stereocenters. The second kappa shape index (κ2) is 5.80. The Balaban J connectivity index is 2.42. The Morgan fingerprint density at radius 2 is 1.95 bits per heavy atom. The minimum Gasteiger partial charge on any atom is -0.388 e. The predicted octanol–water partition coefficient (Wildman–Crippen LogP) is 1.72. The number of anilines is 1. The van der Waals surface area contributed by atoms with Gasteiger partial charge in [-0.05, 0) is 18.2 Å². The van der Waals surface area contributed by atoms with Crippen molar-refractivity contribution in [1.82, 2.24) is 0 Å². The van der Waals surface area contributed by atoms with Gasteiger partial charge < -0.3 is 14.7 Å². The molecule has 0 radical (unpaired) electrons. The summed E-state index contributed by atoms with van der Waals surface area (Å²) in [6.07, 6.45) is -4.56. The van der Waals surface area contributed by atoms with Crippen molar-refractivity contribution in [3.05, 3.63) is 29.3 Å². The van der Waals surface area contributed by atoms with Gasteiger partial charge in [0.05, 0.1) is 18.8 Å². The molecule has 2 rings (SSSR count). The van der Waals surface area contributed by atoms with Crippen LogP contribution in [0.1, 0.15) is 15.9 Å². The van der Waals surface area contributed by atoms with Crippen LogP contribution in [0.2, 0.25) is 0 Å². The molecule has 1 aliphatic heterocycles. The van der Waals surface area contributed by atoms with Crippen molar-refractivity contribution in [1.29, 1.82) is 0 Å². The molecule has 1 N–H and O–H groups in total. The summed E-state index contributed by atoms with van der Waals surface area (Å²) >= 11 is 0. The lowest BCUT2D eigenvalue weighted by atomic mass is 10.0. The molecule has 0 atom stereocenters. The summed E-state index contributed by atoms with van der Waals surface area (Å²) in [5.41, 5.74) is -0.967. The van der Waals surface area contributed by atoms with E-state index in [-0.39, 0.29) is 11.3 Å². The Bertz CT molecular complexity index is 496. The number of ether oxygens (including phenoxy) is 1. The Morgan fingerprint density at radius 1 is 1.30 bits per heavy atom. The van der Waals surface area contributed by atoms with Gasteiger partial charge in [-0.2, -0.15) is 13.2 Å². The molecule has 1 fully saturated rings. The lowest BCUT2D eigenvalue weighted by Gasteiger charge is -2.31. The van der Waals surface area contributed by atoms with E-state index >= 15 is 0 Å². The molecule has 1 saturated heterocycles. The number of aliphatic hydroxyl groups is 1. The molecule has 1 aliphatic rings. The molecule has 4 nitrogen and oxygen atoms in total. The van der Waals surface area contributed by atoms with Crippen LogP contribution in [0.4, 0.5) is 18.9 Å². The molecule has 20 heavy (non-hydrogen) atoms. The summed E-state index contributed by atoms with van der Waals surface area (Å²) < 4.78 is 44.5. The average molecular weight is 289 g/mol. The lowest BCUT2D eigenvalue weighted by Crippen LogP contribution is -2.37. The maximum Gasteiger partial charge on any atom is 0.418 e. The number of ketones is 1. The quantitative estimate of drug-likeness (QED) is 0.861. The van der Waals surface area contributed by atoms with Crippen LogP contribution in [0, 0.1) is 0 Å². The Morgan fingerprint density at radius 3 is 2.50 bits per heavy atom. The van der Waals surface area contributed by atoms with Gasteiger partial charge in [-0.25, -0.2) is 0 Å². The summed E-state index contributed by atoms with van der Waals surface area (Å²) in [5.74, 6) is -0.732. The molecule has 0 spiro atoms. The standard InChI is InChI=1S/C13H14F3NO3/c14-13(15,16)10-7-9(12(19)8-18)1-2-11(10)17-3-5-20-6-4-17/h1-2,7,18H,3-6,8H2. The van der Waals surface area contributed by atoms with Gasteiger partial charge in [0.2, 0.25) is 0 Å². The summed E-state index contributed by atoms with van der Waals surface area (Å²) in [4.78, 5) is 12.9. The van der Waals surface area contributed by atoms with E-state index in [0.29, 0.717) is 26.3 Å². The van der Waals surface area contributed by atoms with Crippen LogP contribution in [0.3, 0.4) is 0 Å². The highest BCUT2D eigenvalue weighted by Crippen LogP contribution is 2.37. The maximum absolute atomic E-state index is 13.1. The predicted molar refractivity (Wildman–Crippen MR) is 65.9 cm³/mol. The van der Waals surface area contributed by atoms with E-state index in [1.165, 1.54) is 12.1 Å². The van der Waals surface area contributed by atoms with E-state index in [1.807, 2.05) is 0 Å². The van der Waals surface area contributed by atoms with E-state index in [0.717, 1.165) is 6.07 Å². The number of aliphatic hydroxyl groups excluding tert-OH is 1. The highest BCUT2D eigenvalue weighted by Gasteiger charge is 2.35. The van der Waals surface area contributed by atoms with Crippen molar-refractivity contribution in [2.24, 2.45) is 0 Å². The number of halogens is 3. The number of carbonyl (C=O) groups excluding carboxylic acids is 1. The zero-order chi connectivity index (χ0) is 14.8. The molecule has 0 bridgehead atoms. The number of morpholine rings is 1. The number of hydrogen-bond acceptors (Lipinski definition) is 4. The van der Waals surface area contributed by atoms with Gasteiger partial charge in [-0.1, -0.05) is 0 Å². The second-order valence-corrected chi connectivity index (χ2v) is 4.41. The van der Waals surface area contributed by atoms with Crippen molar-refractivity contribution in [2.75, 3.05) is 37.8 Å². The largest absolute Gasteiger partial charge is 0.418 e. The molecule has 1 aromatic rings. The zero-order valence-electron chi connectivity index (χ0n) is 10.6. The third-order valence-electron chi connectivity index (χ3n) is 3.12. The fraction of sp³-hybridized carbons (Fsp3) is 0.462. The van der Waals surface area contributed by atoms with Crippen LogP contribution < -0.4 is 4.90 Å². The van der Waals surface area contributed by atoms with Gasteiger partial charge in [0, 0.05) is 24.3 Å². The minimum atomic E-state index is -4.56. The molecule has 7 heteroatoms. The Kier molecular flexibility index (Phi) is 4.29. The van der Waals surface area contributed by atoms with Gasteiger partial charge in [-0.3, -0.25) is 4.79 Å². The van der Waals surface area contributed by atoms with Gasteiger partial charge in [0.25, 0.3) is 0 Å². The molecule has 1 aromatic carbocycles. The van der Waals surface area contributed by atoms with E-state index < -0.39 is 24.1 Å². The highest BCUT2D eigenvalue weighted by molar-refractivity contribution is 5.97. The molecular formula is C13H14F3NO3. The number of nitrogens with zero attached hydrogens (tertiary/aromatic N) is 1. The SMILES string of the molecule is O=C(CO)c1ccc(N2CCOCC2)c(C(F)(F)F)c1. The zero-order valence-corrected chi connectivity index (χ0v) is 10.6. The summed E-state index contributed by atoms with van der Waals surface area (Å²) in [5, 5.41) is 8.74. The summed E-state index contributed by atoms with van der Waals surface area (Å²) in [7, 11) is 0. The van der Waals surface area contributed by atoms with E-state index in [2.05, 4.69) is 0 Å². The smallest absolute Gasteiger partial charge is 0.388 e. The van der Waals surface area contributed by atoms with Crippen molar-refractivity contribution in [3.63, 3.8) is 0 Å². The third-order valence-corrected chi connectivity index (χ3v) is 3.12. The first-order valence-electron chi connectivity index (χ1n) is 6.11. The molecule has 0 saturated carbocycles. The molecule has 0 amide bonds. The highest BCUT2D eigenvalue weighted by atomic mass is 19.4. The first-order chi connectivity index (χ1) is 9.43. The van der Waals surface area contributed by atoms with Crippen LogP contribution in [0.5, 0.6) is 0 Å². The summed E-state index contributed by atoms with van der Waals surface area (Å²) in [6, 6.07) is 3.37. The maximum atomic E-state index is 13.1. The topological polar surface area (TPSA) is 49.8 Å². The van der Waals surface area contributed by atoms with Gasteiger partial charge in [-0.15, -0.1) is 0 Å². The molecule has 110 valence electrons. The van der Waals surface area contributed by atoms with Crippen LogP contribution in [0.15, 0.2) is 18.2 Å². The normalized spacial score (nSPS) is 16.3. The first-order valence-corrected chi connectivity index (χ1v) is 6.11. The minimum absolute atomic E-state index is 0.0373. The van der Waals surface area contributed by atoms with E-state index in [4.69, 9.17) is 9.84 Å². The van der Waals surface area contributed by atoms with Gasteiger partial charge in [0.1, 0.15) is 6.61 Å². The third kappa shape index (κ3) is 3.10. The van der Waals surface area contributed by atoms with Crippen LogP contribution in [-0.4, -0.2) is 43.8 Å². The molecule has 0 aliphatic carbocycles. The Hall–Kier alpha value is -1.60. The number of rotatable bonds is 3. The number of carbonyl (C=O) groups is 1. The van der Waals surface area contributed by atoms with Crippen molar-refractivity contribution >= 4 is 11.5 Å². The first kappa shape index (κ1) is 14.8. The van der Waals surface area contributed by atoms with Gasteiger partial charge >= 0.3 is 6.18 Å². The fourth-order valence-electron chi connectivity index (χ4n) is 2.11. The number of alkyl halides is 3. The van der Waals surface area contributed by atoms with Gasteiger partial charge in [0.15, 0.2) is 5.78 Å². The molecular weight excluding hydrogens is 275 g/mol. The van der Waals surface area contributed by atoms with E-state index in [1.54, 1.807) is 4.90 Å². The average Bonchev–Trinajstić information content (AvgIpc) is 2.46.